The number of carbonyl (C=O) groups is 3. The number of fused-ring (bicyclic) bond motifs is 1. The number of rotatable bonds is 9. The van der Waals surface area contributed by atoms with Crippen molar-refractivity contribution >= 4 is 69.3 Å². The minimum Gasteiger partial charge on any atom is -0.477 e. The second-order valence-electron chi connectivity index (χ2n) is 7.40. The van der Waals surface area contributed by atoms with E-state index in [1.54, 1.807) is 12.1 Å². The molecule has 16 heteroatoms. The average Bonchev–Trinajstić information content (AvgIpc) is 3.29. The number of carbonyl (C=O) groups excluding carboxylic acids is 2. The highest BCUT2D eigenvalue weighted by Crippen LogP contribution is 2.41. The molecule has 0 saturated carbocycles. The van der Waals surface area contributed by atoms with Crippen molar-refractivity contribution in [3.8, 4) is 0 Å². The quantitative estimate of drug-likeness (QED) is 0.0944. The van der Waals surface area contributed by atoms with Crippen molar-refractivity contribution in [2.45, 2.75) is 16.4 Å². The average molecular weight is 549 g/mol. The molecule has 0 unspecified atom stereocenters. The Morgan fingerprint density at radius 2 is 2.22 bits per heavy atom. The van der Waals surface area contributed by atoms with E-state index in [9.17, 15) is 19.5 Å². The van der Waals surface area contributed by atoms with Gasteiger partial charge in [-0.15, -0.1) is 34.9 Å². The third-order valence-electron chi connectivity index (χ3n) is 5.14. The van der Waals surface area contributed by atoms with Crippen LogP contribution >= 0.6 is 34.9 Å². The third-order valence-corrected chi connectivity index (χ3v) is 8.18. The molecule has 4 heterocycles. The minimum absolute atomic E-state index is 0.0971. The molecule has 2 amide bonds. The topological polar surface area (TPSA) is 210 Å². The second-order valence-corrected chi connectivity index (χ2v) is 10.4. The van der Waals surface area contributed by atoms with Gasteiger partial charge in [-0.3, -0.25) is 19.9 Å². The van der Waals surface area contributed by atoms with Crippen molar-refractivity contribution in [2.75, 3.05) is 24.3 Å². The van der Waals surface area contributed by atoms with Crippen molar-refractivity contribution in [3.05, 3.63) is 46.2 Å². The first kappa shape index (κ1) is 25.5. The number of nitrogens with one attached hydrogen (secondary N) is 2. The van der Waals surface area contributed by atoms with Gasteiger partial charge in [0.1, 0.15) is 35.8 Å². The van der Waals surface area contributed by atoms with Crippen LogP contribution in [0.2, 0.25) is 0 Å². The van der Waals surface area contributed by atoms with Gasteiger partial charge in [0.15, 0.2) is 10.8 Å². The van der Waals surface area contributed by atoms with Gasteiger partial charge in [0, 0.05) is 28.6 Å². The SMILES string of the molecule is CO/N=C(\C(=O)N[C@@H]1C(=O)N2C(C(=O)O)=C(CSc3ccc(C(=N)N)cn3)CS[C@@H]12)c1csc(N)n1. The van der Waals surface area contributed by atoms with Gasteiger partial charge in [-0.25, -0.2) is 14.8 Å². The van der Waals surface area contributed by atoms with Gasteiger partial charge in [-0.2, -0.15) is 0 Å². The molecule has 13 nitrogen and oxygen atoms in total. The van der Waals surface area contributed by atoms with E-state index in [1.165, 1.54) is 47.1 Å². The van der Waals surface area contributed by atoms with Crippen LogP contribution < -0.4 is 16.8 Å². The summed E-state index contributed by atoms with van der Waals surface area (Å²) in [5.74, 6) is -1.91. The zero-order valence-corrected chi connectivity index (χ0v) is 21.1. The fourth-order valence-corrected chi connectivity index (χ4v) is 6.36. The number of hydrogen-bond acceptors (Lipinski definition) is 12. The van der Waals surface area contributed by atoms with Gasteiger partial charge in [0.05, 0.1) is 5.03 Å². The van der Waals surface area contributed by atoms with Crippen LogP contribution in [-0.4, -0.2) is 79.3 Å². The summed E-state index contributed by atoms with van der Waals surface area (Å²) in [6.07, 6.45) is 1.47. The molecule has 0 aromatic carbocycles. The van der Waals surface area contributed by atoms with Crippen molar-refractivity contribution in [1.29, 1.82) is 5.41 Å². The zero-order chi connectivity index (χ0) is 26.0. The Hall–Kier alpha value is -3.63. The van der Waals surface area contributed by atoms with Crippen LogP contribution in [0, 0.1) is 5.41 Å². The number of amides is 2. The Balaban J connectivity index is 1.47. The molecular weight excluding hydrogens is 528 g/mol. The van der Waals surface area contributed by atoms with E-state index >= 15 is 0 Å². The van der Waals surface area contributed by atoms with Crippen molar-refractivity contribution < 1.29 is 24.3 Å². The number of carboxylic acid groups (broad SMARTS) is 1. The van der Waals surface area contributed by atoms with Gasteiger partial charge in [0.2, 0.25) is 0 Å². The number of hydrogen-bond donors (Lipinski definition) is 5. The molecule has 2 aliphatic rings. The summed E-state index contributed by atoms with van der Waals surface area (Å²) in [5, 5.41) is 25.4. The van der Waals surface area contributed by atoms with Gasteiger partial charge in [0.25, 0.3) is 11.8 Å². The summed E-state index contributed by atoms with van der Waals surface area (Å²) >= 11 is 3.78. The highest BCUT2D eigenvalue weighted by atomic mass is 32.2. The number of thioether (sulfide) groups is 2. The Morgan fingerprint density at radius 3 is 2.81 bits per heavy atom. The number of aromatic nitrogens is 2. The van der Waals surface area contributed by atoms with Crippen LogP contribution in [0.4, 0.5) is 5.13 Å². The standard InChI is InChI=1S/C20H20N8O5S3/c1-33-27-12(10-7-36-20(23)25-10)16(29)26-13-17(30)28-14(19(31)32)9(6-35-18(13)28)5-34-11-3-2-8(4-24-11)15(21)22/h2-4,7,13,18H,5-6H2,1H3,(H3,21,22)(H2,23,25)(H,26,29)(H,31,32)/b27-12-/t13-,18+/m1/s1. The zero-order valence-electron chi connectivity index (χ0n) is 18.6. The molecule has 0 aliphatic carbocycles. The summed E-state index contributed by atoms with van der Waals surface area (Å²) in [7, 11) is 1.27. The van der Waals surface area contributed by atoms with Crippen LogP contribution in [0.1, 0.15) is 11.3 Å². The molecule has 2 aliphatic heterocycles. The lowest BCUT2D eigenvalue weighted by molar-refractivity contribution is -0.150. The lowest BCUT2D eigenvalue weighted by Gasteiger charge is -2.49. The summed E-state index contributed by atoms with van der Waals surface area (Å²) in [4.78, 5) is 52.0. The normalized spacial score (nSPS) is 19.4. The van der Waals surface area contributed by atoms with E-state index in [2.05, 4.69) is 20.4 Å². The van der Waals surface area contributed by atoms with E-state index in [1.807, 2.05) is 0 Å². The number of aliphatic carboxylic acids is 1. The lowest BCUT2D eigenvalue weighted by atomic mass is 10.0. The van der Waals surface area contributed by atoms with E-state index in [0.717, 1.165) is 11.3 Å². The predicted octanol–water partition coefficient (Wildman–Crippen LogP) is 0.286. The highest BCUT2D eigenvalue weighted by Gasteiger charge is 2.54. The molecular formula is C20H20N8O5S3. The summed E-state index contributed by atoms with van der Waals surface area (Å²) in [6.45, 7) is 0. The summed E-state index contributed by atoms with van der Waals surface area (Å²) in [6, 6.07) is 2.41. The molecule has 1 fully saturated rings. The van der Waals surface area contributed by atoms with Crippen LogP contribution in [0.5, 0.6) is 0 Å². The largest absolute Gasteiger partial charge is 0.477 e. The Kier molecular flexibility index (Phi) is 7.46. The molecule has 4 rings (SSSR count). The van der Waals surface area contributed by atoms with E-state index in [0.29, 0.717) is 27.7 Å². The first-order valence-electron chi connectivity index (χ1n) is 10.2. The fraction of sp³-hybridized carbons (Fsp3) is 0.250. The molecule has 0 spiro atoms. The number of nitrogens with two attached hydrogens (primary N) is 2. The molecule has 0 radical (unpaired) electrons. The number of pyridine rings is 1. The van der Waals surface area contributed by atoms with Crippen molar-refractivity contribution in [3.63, 3.8) is 0 Å². The van der Waals surface area contributed by atoms with Crippen LogP contribution in [0.15, 0.2) is 45.2 Å². The van der Waals surface area contributed by atoms with Crippen molar-refractivity contribution in [2.24, 2.45) is 10.9 Å². The van der Waals surface area contributed by atoms with Crippen molar-refractivity contribution in [1.82, 2.24) is 20.2 Å². The number of nitrogens with zero attached hydrogens (tertiary/aromatic N) is 4. The smallest absolute Gasteiger partial charge is 0.352 e. The number of nitrogen functional groups attached to an aromatic ring is 2. The molecule has 188 valence electrons. The van der Waals surface area contributed by atoms with Crippen LogP contribution in [0.25, 0.3) is 0 Å². The van der Waals surface area contributed by atoms with E-state index < -0.39 is 29.2 Å². The van der Waals surface area contributed by atoms with E-state index in [-0.39, 0.29) is 28.1 Å². The first-order chi connectivity index (χ1) is 17.2. The molecule has 2 aromatic heterocycles. The number of β-lactam (4-membered cyclic amide) rings is 1. The number of amidine groups is 1. The number of anilines is 1. The maximum Gasteiger partial charge on any atom is 0.352 e. The maximum absolute atomic E-state index is 12.9. The Bertz CT molecular complexity index is 1290. The third kappa shape index (κ3) is 5.00. The number of thiazole rings is 1. The molecule has 2 aromatic rings. The van der Waals surface area contributed by atoms with Crippen LogP contribution in [-0.2, 0) is 19.2 Å². The maximum atomic E-state index is 12.9. The van der Waals surface area contributed by atoms with Gasteiger partial charge in [-0.05, 0) is 17.7 Å². The predicted molar refractivity (Wildman–Crippen MR) is 136 cm³/mol. The van der Waals surface area contributed by atoms with Gasteiger partial charge >= 0.3 is 5.97 Å². The molecule has 2 atom stereocenters. The Labute approximate surface area is 216 Å². The van der Waals surface area contributed by atoms with Gasteiger partial charge < -0.3 is 26.7 Å². The highest BCUT2D eigenvalue weighted by molar-refractivity contribution is 8.01. The molecule has 1 saturated heterocycles. The fourth-order valence-electron chi connectivity index (χ4n) is 3.48. The summed E-state index contributed by atoms with van der Waals surface area (Å²) < 4.78 is 0. The van der Waals surface area contributed by atoms with Crippen LogP contribution in [0.3, 0.4) is 0 Å². The minimum atomic E-state index is -1.23. The number of oxime groups is 1. The lowest BCUT2D eigenvalue weighted by Crippen LogP contribution is -2.71. The molecule has 7 N–H and O–H groups in total. The molecule has 36 heavy (non-hydrogen) atoms. The molecule has 0 bridgehead atoms. The Morgan fingerprint density at radius 1 is 1.44 bits per heavy atom. The summed E-state index contributed by atoms with van der Waals surface area (Å²) in [5.41, 5.74) is 12.1. The van der Waals surface area contributed by atoms with E-state index in [4.69, 9.17) is 21.7 Å². The monoisotopic (exact) mass is 548 g/mol. The van der Waals surface area contributed by atoms with Gasteiger partial charge in [-0.1, -0.05) is 5.16 Å². The first-order valence-corrected chi connectivity index (χ1v) is 13.1. The number of carboxylic acids is 1. The second kappa shape index (κ2) is 10.5.